The fraction of sp³-hybridized carbons (Fsp3) is 0.682. The maximum Gasteiger partial charge on any atom is 0.339 e. The number of methoxy groups -OCH3 is 1. The normalized spacial score (nSPS) is 27.2. The summed E-state index contributed by atoms with van der Waals surface area (Å²) in [4.78, 5) is 12.8. The molecule has 0 radical (unpaired) electrons. The number of unbranched alkanes of at least 4 members (excludes halogenated alkanes) is 2. The molecule has 0 aliphatic carbocycles. The van der Waals surface area contributed by atoms with Crippen LogP contribution in [0.1, 0.15) is 61.6 Å². The second kappa shape index (κ2) is 10.5. The van der Waals surface area contributed by atoms with Crippen LogP contribution >= 0.6 is 0 Å². The van der Waals surface area contributed by atoms with Crippen molar-refractivity contribution in [1.29, 1.82) is 0 Å². The summed E-state index contributed by atoms with van der Waals surface area (Å²) < 4.78 is 28.8. The fourth-order valence-electron chi connectivity index (χ4n) is 3.81. The van der Waals surface area contributed by atoms with Crippen molar-refractivity contribution in [1.82, 2.24) is 0 Å². The highest BCUT2D eigenvalue weighted by Gasteiger charge is 2.52. The molecule has 5 atom stereocenters. The van der Waals surface area contributed by atoms with Gasteiger partial charge in [-0.1, -0.05) is 26.7 Å². The molecule has 174 valence electrons. The molecule has 0 aromatic heterocycles. The molecule has 2 heterocycles. The number of aliphatic hydroxyl groups is 3. The van der Waals surface area contributed by atoms with Crippen LogP contribution in [0, 0.1) is 0 Å². The molecule has 3 rings (SSSR count). The lowest BCUT2D eigenvalue weighted by molar-refractivity contribution is -0.235. The largest absolute Gasteiger partial charge is 0.490 e. The van der Waals surface area contributed by atoms with E-state index in [4.69, 9.17) is 23.7 Å². The molecular formula is C22H32O9. The van der Waals surface area contributed by atoms with Crippen LogP contribution in [0.25, 0.3) is 0 Å². The molecule has 1 fully saturated rings. The second-order valence-electron chi connectivity index (χ2n) is 7.73. The Labute approximate surface area is 181 Å². The second-order valence-corrected chi connectivity index (χ2v) is 7.73. The van der Waals surface area contributed by atoms with Gasteiger partial charge in [0.05, 0.1) is 32.5 Å². The van der Waals surface area contributed by atoms with Crippen molar-refractivity contribution in [2.75, 3.05) is 26.9 Å². The van der Waals surface area contributed by atoms with Crippen LogP contribution < -0.4 is 14.2 Å². The molecule has 9 heteroatoms. The average Bonchev–Trinajstić information content (AvgIpc) is 2.77. The Balaban J connectivity index is 2.11. The summed E-state index contributed by atoms with van der Waals surface area (Å²) in [5.74, 6) is 0.277. The first kappa shape index (κ1) is 23.6. The van der Waals surface area contributed by atoms with Gasteiger partial charge in [-0.2, -0.15) is 0 Å². The molecule has 1 aromatic rings. The first-order valence-corrected chi connectivity index (χ1v) is 10.8. The van der Waals surface area contributed by atoms with Crippen molar-refractivity contribution in [3.63, 3.8) is 0 Å². The van der Waals surface area contributed by atoms with E-state index in [9.17, 15) is 20.1 Å². The quantitative estimate of drug-likeness (QED) is 0.369. The van der Waals surface area contributed by atoms with E-state index in [0.717, 1.165) is 25.7 Å². The molecule has 0 bridgehead atoms. The lowest BCUT2D eigenvalue weighted by Gasteiger charge is -2.44. The maximum atomic E-state index is 12.8. The predicted molar refractivity (Wildman–Crippen MR) is 110 cm³/mol. The third-order valence-electron chi connectivity index (χ3n) is 5.56. The van der Waals surface area contributed by atoms with E-state index < -0.39 is 43.1 Å². The number of ether oxygens (including phenoxy) is 5. The Morgan fingerprint density at radius 3 is 2.32 bits per heavy atom. The summed E-state index contributed by atoms with van der Waals surface area (Å²) in [6.07, 6.45) is -2.52. The van der Waals surface area contributed by atoms with Gasteiger partial charge >= 0.3 is 5.97 Å². The molecule has 2 aliphatic heterocycles. The molecule has 0 unspecified atom stereocenters. The number of carbonyl (C=O) groups excluding carboxylic acids is 1. The SMILES string of the molecule is CCCCOc1cc2c(c(OCCCC)c1OC)[C@@H]1O[C@H](CO)[C@@H](O)[C@H](O)[C@H]1OC2=O. The molecule has 0 saturated carbocycles. The minimum atomic E-state index is -1.43. The lowest BCUT2D eigenvalue weighted by Crippen LogP contribution is -2.58. The van der Waals surface area contributed by atoms with Gasteiger partial charge < -0.3 is 39.0 Å². The van der Waals surface area contributed by atoms with Crippen molar-refractivity contribution in [2.45, 2.75) is 70.1 Å². The molecule has 2 aliphatic rings. The summed E-state index contributed by atoms with van der Waals surface area (Å²) >= 11 is 0. The van der Waals surface area contributed by atoms with Crippen LogP contribution in [-0.4, -0.2) is 72.6 Å². The Morgan fingerprint density at radius 2 is 1.71 bits per heavy atom. The summed E-state index contributed by atoms with van der Waals surface area (Å²) in [5.41, 5.74) is 0.543. The van der Waals surface area contributed by atoms with Gasteiger partial charge in [-0.15, -0.1) is 0 Å². The lowest BCUT2D eigenvalue weighted by atomic mass is 9.86. The molecule has 1 aromatic carbocycles. The topological polar surface area (TPSA) is 124 Å². The van der Waals surface area contributed by atoms with Crippen LogP contribution in [0.15, 0.2) is 6.07 Å². The van der Waals surface area contributed by atoms with Crippen molar-refractivity contribution >= 4 is 5.97 Å². The van der Waals surface area contributed by atoms with E-state index in [1.807, 2.05) is 13.8 Å². The number of aliphatic hydroxyl groups excluding tert-OH is 3. The summed E-state index contributed by atoms with van der Waals surface area (Å²) in [6.45, 7) is 4.38. The van der Waals surface area contributed by atoms with Gasteiger partial charge in [-0.3, -0.25) is 0 Å². The van der Waals surface area contributed by atoms with Gasteiger partial charge in [0.1, 0.15) is 24.4 Å². The van der Waals surface area contributed by atoms with Gasteiger partial charge in [0.15, 0.2) is 17.6 Å². The Bertz CT molecular complexity index is 766. The molecule has 1 saturated heterocycles. The smallest absolute Gasteiger partial charge is 0.339 e. The number of benzene rings is 1. The van der Waals surface area contributed by atoms with E-state index in [-0.39, 0.29) is 11.3 Å². The first-order valence-electron chi connectivity index (χ1n) is 10.8. The first-order chi connectivity index (χ1) is 15.0. The molecule has 0 amide bonds. The summed E-state index contributed by atoms with van der Waals surface area (Å²) in [5, 5.41) is 30.3. The van der Waals surface area contributed by atoms with E-state index in [2.05, 4.69) is 0 Å². The zero-order chi connectivity index (χ0) is 22.5. The molecule has 3 N–H and O–H groups in total. The number of rotatable bonds is 10. The van der Waals surface area contributed by atoms with E-state index in [1.54, 1.807) is 0 Å². The van der Waals surface area contributed by atoms with Crippen LogP contribution in [0.2, 0.25) is 0 Å². The number of esters is 1. The molecule has 9 nitrogen and oxygen atoms in total. The summed E-state index contributed by atoms with van der Waals surface area (Å²) in [7, 11) is 1.48. The van der Waals surface area contributed by atoms with Gasteiger partial charge in [0.25, 0.3) is 0 Å². The highest BCUT2D eigenvalue weighted by atomic mass is 16.6. The van der Waals surface area contributed by atoms with E-state index in [0.29, 0.717) is 30.3 Å². The Hall–Kier alpha value is -2.07. The van der Waals surface area contributed by atoms with Crippen LogP contribution in [0.4, 0.5) is 0 Å². The van der Waals surface area contributed by atoms with Crippen LogP contribution in [0.5, 0.6) is 17.2 Å². The maximum absolute atomic E-state index is 12.8. The number of carbonyl (C=O) groups is 1. The highest BCUT2D eigenvalue weighted by Crippen LogP contribution is 2.51. The van der Waals surface area contributed by atoms with Gasteiger partial charge in [-0.25, -0.2) is 4.79 Å². The van der Waals surface area contributed by atoms with Crippen molar-refractivity contribution in [3.05, 3.63) is 17.2 Å². The monoisotopic (exact) mass is 440 g/mol. The number of hydrogen-bond donors (Lipinski definition) is 3. The van der Waals surface area contributed by atoms with Gasteiger partial charge in [0.2, 0.25) is 5.75 Å². The van der Waals surface area contributed by atoms with Crippen molar-refractivity contribution < 1.29 is 43.8 Å². The zero-order valence-electron chi connectivity index (χ0n) is 18.2. The average molecular weight is 440 g/mol. The molecular weight excluding hydrogens is 408 g/mol. The van der Waals surface area contributed by atoms with Crippen molar-refractivity contribution in [3.8, 4) is 17.2 Å². The van der Waals surface area contributed by atoms with E-state index >= 15 is 0 Å². The fourth-order valence-corrected chi connectivity index (χ4v) is 3.81. The molecule has 31 heavy (non-hydrogen) atoms. The highest BCUT2D eigenvalue weighted by molar-refractivity contribution is 5.95. The van der Waals surface area contributed by atoms with Crippen molar-refractivity contribution in [2.24, 2.45) is 0 Å². The third-order valence-corrected chi connectivity index (χ3v) is 5.56. The zero-order valence-corrected chi connectivity index (χ0v) is 18.2. The summed E-state index contributed by atoms with van der Waals surface area (Å²) in [6, 6.07) is 1.53. The molecule has 0 spiro atoms. The minimum absolute atomic E-state index is 0.181. The number of hydrogen-bond acceptors (Lipinski definition) is 9. The van der Waals surface area contributed by atoms with Gasteiger partial charge in [0, 0.05) is 5.56 Å². The van der Waals surface area contributed by atoms with Crippen LogP contribution in [0.3, 0.4) is 0 Å². The Morgan fingerprint density at radius 1 is 1.03 bits per heavy atom. The number of fused-ring (bicyclic) bond motifs is 3. The third kappa shape index (κ3) is 4.59. The minimum Gasteiger partial charge on any atom is -0.490 e. The predicted octanol–water partition coefficient (Wildman–Crippen LogP) is 1.75. The van der Waals surface area contributed by atoms with Gasteiger partial charge in [-0.05, 0) is 18.9 Å². The van der Waals surface area contributed by atoms with Crippen LogP contribution in [-0.2, 0) is 9.47 Å². The standard InChI is InChI=1S/C22H32O9/c1-4-6-8-28-13-10-12-15(19(18(13)27-3)29-9-7-5-2)20-21(31-22(12)26)17(25)16(24)14(11-23)30-20/h10,14,16-17,20-21,23-25H,4-9,11H2,1-3H3/t14-,16-,17+,20+,21-/m1/s1. The Kier molecular flexibility index (Phi) is 7.99. The van der Waals surface area contributed by atoms with E-state index in [1.165, 1.54) is 13.2 Å².